The van der Waals surface area contributed by atoms with Crippen LogP contribution in [0.15, 0.2) is 18.2 Å². The van der Waals surface area contributed by atoms with Gasteiger partial charge < -0.3 is 19.9 Å². The second-order valence-corrected chi connectivity index (χ2v) is 6.39. The van der Waals surface area contributed by atoms with Gasteiger partial charge in [-0.3, -0.25) is 10.00 Å². The molecule has 0 radical (unpaired) electrons. The van der Waals surface area contributed by atoms with Gasteiger partial charge in [-0.15, -0.1) is 0 Å². The lowest BCUT2D eigenvalue weighted by Gasteiger charge is -2.25. The lowest BCUT2D eigenvalue weighted by Crippen LogP contribution is -2.37. The molecule has 8 nitrogen and oxygen atoms in total. The van der Waals surface area contributed by atoms with Crippen molar-refractivity contribution < 1.29 is 14.2 Å². The Morgan fingerprint density at radius 3 is 2.67 bits per heavy atom. The summed E-state index contributed by atoms with van der Waals surface area (Å²) in [5, 5.41) is 7.33. The zero-order valence-corrected chi connectivity index (χ0v) is 16.1. The number of aromatic nitrogens is 3. The van der Waals surface area contributed by atoms with Gasteiger partial charge in [0.05, 0.1) is 32.5 Å². The van der Waals surface area contributed by atoms with Crippen LogP contribution < -0.4 is 15.2 Å². The maximum absolute atomic E-state index is 6.39. The summed E-state index contributed by atoms with van der Waals surface area (Å²) in [5.74, 6) is 2.84. The smallest absolute Gasteiger partial charge is 0.171 e. The second-order valence-electron chi connectivity index (χ2n) is 6.39. The third-order valence-corrected chi connectivity index (χ3v) is 4.52. The number of nitrogens with one attached hydrogen (secondary N) is 1. The maximum Gasteiger partial charge on any atom is 0.171 e. The van der Waals surface area contributed by atoms with E-state index < -0.39 is 6.04 Å². The average molecular weight is 375 g/mol. The lowest BCUT2D eigenvalue weighted by molar-refractivity contribution is 0.0382. The Morgan fingerprint density at radius 2 is 1.93 bits per heavy atom. The van der Waals surface area contributed by atoms with E-state index in [0.29, 0.717) is 24.8 Å². The predicted octanol–water partition coefficient (Wildman–Crippen LogP) is 1.52. The molecular weight excluding hydrogens is 346 g/mol. The standard InChI is InChI=1S/C19H29N5O3/c1-3-26-15-6-5-14(13-16(15)27-4-2)18(20)19-21-17(22-23-19)7-8-24-9-11-25-12-10-24/h5-6,13,18H,3-4,7-12,20H2,1-2H3,(H,21,22,23). The van der Waals surface area contributed by atoms with Crippen LogP contribution in [-0.2, 0) is 11.2 Å². The first-order chi connectivity index (χ1) is 13.2. The first-order valence-electron chi connectivity index (χ1n) is 9.57. The fourth-order valence-corrected chi connectivity index (χ4v) is 3.06. The molecule has 0 saturated carbocycles. The highest BCUT2D eigenvalue weighted by molar-refractivity contribution is 5.44. The van der Waals surface area contributed by atoms with E-state index in [9.17, 15) is 0 Å². The van der Waals surface area contributed by atoms with E-state index in [4.69, 9.17) is 19.9 Å². The van der Waals surface area contributed by atoms with Crippen molar-refractivity contribution >= 4 is 0 Å². The zero-order valence-electron chi connectivity index (χ0n) is 16.1. The van der Waals surface area contributed by atoms with Crippen molar-refractivity contribution in [2.75, 3.05) is 46.1 Å². The molecule has 0 aliphatic carbocycles. The van der Waals surface area contributed by atoms with E-state index in [2.05, 4.69) is 20.1 Å². The van der Waals surface area contributed by atoms with Gasteiger partial charge in [0.25, 0.3) is 0 Å². The molecule has 8 heteroatoms. The van der Waals surface area contributed by atoms with E-state index in [0.717, 1.165) is 56.4 Å². The average Bonchev–Trinajstić information content (AvgIpc) is 3.17. The molecule has 1 atom stereocenters. The quantitative estimate of drug-likeness (QED) is 0.686. The van der Waals surface area contributed by atoms with Crippen molar-refractivity contribution in [1.82, 2.24) is 20.1 Å². The van der Waals surface area contributed by atoms with Gasteiger partial charge in [-0.2, -0.15) is 5.10 Å². The molecule has 1 aliphatic rings. The zero-order chi connectivity index (χ0) is 19.1. The maximum atomic E-state index is 6.39. The molecule has 2 heterocycles. The summed E-state index contributed by atoms with van der Waals surface area (Å²) in [6.07, 6.45) is 0.813. The summed E-state index contributed by atoms with van der Waals surface area (Å²) in [6, 6.07) is 5.30. The minimum atomic E-state index is -0.423. The molecular formula is C19H29N5O3. The Kier molecular flexibility index (Phi) is 7.03. The van der Waals surface area contributed by atoms with Crippen LogP contribution in [0.3, 0.4) is 0 Å². The second kappa shape index (κ2) is 9.68. The third-order valence-electron chi connectivity index (χ3n) is 4.52. The number of nitrogens with zero attached hydrogens (tertiary/aromatic N) is 3. The topological polar surface area (TPSA) is 98.5 Å². The van der Waals surface area contributed by atoms with E-state index >= 15 is 0 Å². The van der Waals surface area contributed by atoms with Gasteiger partial charge in [0.15, 0.2) is 17.3 Å². The third kappa shape index (κ3) is 5.18. The highest BCUT2D eigenvalue weighted by Crippen LogP contribution is 2.31. The number of H-pyrrole nitrogens is 1. The van der Waals surface area contributed by atoms with Crippen LogP contribution in [0.4, 0.5) is 0 Å². The van der Waals surface area contributed by atoms with Crippen molar-refractivity contribution in [2.45, 2.75) is 26.3 Å². The predicted molar refractivity (Wildman–Crippen MR) is 102 cm³/mol. The summed E-state index contributed by atoms with van der Waals surface area (Å²) in [5.41, 5.74) is 7.28. The fourth-order valence-electron chi connectivity index (χ4n) is 3.06. The lowest BCUT2D eigenvalue weighted by atomic mass is 10.1. The molecule has 1 aromatic heterocycles. The minimum absolute atomic E-state index is 0.423. The minimum Gasteiger partial charge on any atom is -0.490 e. The van der Waals surface area contributed by atoms with Gasteiger partial charge in [-0.25, -0.2) is 4.98 Å². The normalized spacial score (nSPS) is 16.3. The SMILES string of the molecule is CCOc1ccc(C(N)c2n[nH]c(CCN3CCOCC3)n2)cc1OCC. The number of rotatable bonds is 9. The van der Waals surface area contributed by atoms with Gasteiger partial charge in [0.1, 0.15) is 5.82 Å². The van der Waals surface area contributed by atoms with Crippen molar-refractivity contribution in [3.63, 3.8) is 0 Å². The Bertz CT molecular complexity index is 715. The van der Waals surface area contributed by atoms with E-state index in [1.54, 1.807) is 0 Å². The molecule has 0 bridgehead atoms. The van der Waals surface area contributed by atoms with Gasteiger partial charge in [0.2, 0.25) is 0 Å². The summed E-state index contributed by atoms with van der Waals surface area (Å²) < 4.78 is 16.7. The number of hydrogen-bond acceptors (Lipinski definition) is 7. The Hall–Kier alpha value is -2.16. The van der Waals surface area contributed by atoms with Crippen LogP contribution in [0.1, 0.15) is 37.1 Å². The number of nitrogens with two attached hydrogens (primary N) is 1. The van der Waals surface area contributed by atoms with Crippen LogP contribution in [-0.4, -0.2) is 66.1 Å². The molecule has 3 rings (SSSR count). The van der Waals surface area contributed by atoms with Crippen LogP contribution in [0.25, 0.3) is 0 Å². The number of morpholine rings is 1. The molecule has 0 amide bonds. The highest BCUT2D eigenvalue weighted by atomic mass is 16.5. The molecule has 1 unspecified atom stereocenters. The van der Waals surface area contributed by atoms with Crippen molar-refractivity contribution in [3.8, 4) is 11.5 Å². The van der Waals surface area contributed by atoms with E-state index in [1.165, 1.54) is 0 Å². The molecule has 0 spiro atoms. The van der Waals surface area contributed by atoms with Crippen molar-refractivity contribution in [2.24, 2.45) is 5.73 Å². The van der Waals surface area contributed by atoms with Crippen LogP contribution in [0.5, 0.6) is 11.5 Å². The molecule has 1 aliphatic heterocycles. The first-order valence-corrected chi connectivity index (χ1v) is 9.57. The molecule has 148 valence electrons. The molecule has 27 heavy (non-hydrogen) atoms. The Balaban J connectivity index is 1.65. The summed E-state index contributed by atoms with van der Waals surface area (Å²) in [4.78, 5) is 6.95. The number of aromatic amines is 1. The Labute approximate surface area is 160 Å². The van der Waals surface area contributed by atoms with E-state index in [1.807, 2.05) is 32.0 Å². The van der Waals surface area contributed by atoms with Crippen LogP contribution >= 0.6 is 0 Å². The number of benzene rings is 1. The molecule has 1 saturated heterocycles. The fraction of sp³-hybridized carbons (Fsp3) is 0.579. The van der Waals surface area contributed by atoms with Gasteiger partial charge in [-0.05, 0) is 31.5 Å². The molecule has 1 aromatic carbocycles. The molecule has 1 fully saturated rings. The van der Waals surface area contributed by atoms with Gasteiger partial charge in [-0.1, -0.05) is 6.07 Å². The largest absolute Gasteiger partial charge is 0.490 e. The summed E-state index contributed by atoms with van der Waals surface area (Å²) in [7, 11) is 0. The van der Waals surface area contributed by atoms with E-state index in [-0.39, 0.29) is 0 Å². The van der Waals surface area contributed by atoms with Gasteiger partial charge in [0, 0.05) is 26.1 Å². The van der Waals surface area contributed by atoms with Crippen molar-refractivity contribution in [1.29, 1.82) is 0 Å². The summed E-state index contributed by atoms with van der Waals surface area (Å²) in [6.45, 7) is 9.49. The number of ether oxygens (including phenoxy) is 3. The van der Waals surface area contributed by atoms with Crippen LogP contribution in [0.2, 0.25) is 0 Å². The molecule has 3 N–H and O–H groups in total. The monoisotopic (exact) mass is 375 g/mol. The van der Waals surface area contributed by atoms with Gasteiger partial charge >= 0.3 is 0 Å². The summed E-state index contributed by atoms with van der Waals surface area (Å²) >= 11 is 0. The Morgan fingerprint density at radius 1 is 1.19 bits per heavy atom. The first kappa shape index (κ1) is 19.6. The van der Waals surface area contributed by atoms with Crippen LogP contribution in [0, 0.1) is 0 Å². The highest BCUT2D eigenvalue weighted by Gasteiger charge is 2.18. The number of hydrogen-bond donors (Lipinski definition) is 2. The van der Waals surface area contributed by atoms with Crippen molar-refractivity contribution in [3.05, 3.63) is 35.4 Å². The molecule has 2 aromatic rings.